The van der Waals surface area contributed by atoms with Gasteiger partial charge in [0.1, 0.15) is 0 Å². The summed E-state index contributed by atoms with van der Waals surface area (Å²) in [4.78, 5) is 0.160. The number of hydrogen-bond acceptors (Lipinski definition) is 4. The molecule has 0 fully saturated rings. The molecule has 0 aliphatic carbocycles. The first-order chi connectivity index (χ1) is 8.90. The largest absolute Gasteiger partial charge is 0.377 e. The lowest BCUT2D eigenvalue weighted by molar-refractivity contribution is 0.0799. The molecule has 1 aromatic rings. The van der Waals surface area contributed by atoms with Crippen molar-refractivity contribution in [3.05, 3.63) is 29.3 Å². The van der Waals surface area contributed by atoms with E-state index in [1.807, 2.05) is 13.0 Å². The highest BCUT2D eigenvalue weighted by Crippen LogP contribution is 2.14. The third-order valence-electron chi connectivity index (χ3n) is 2.64. The maximum atomic E-state index is 12.0. The fourth-order valence-corrected chi connectivity index (χ4v) is 2.78. The summed E-state index contributed by atoms with van der Waals surface area (Å²) in [7, 11) is -3.56. The van der Waals surface area contributed by atoms with Crippen LogP contribution in [0.4, 0.5) is 0 Å². The molecule has 1 N–H and O–H groups in total. The molecule has 19 heavy (non-hydrogen) atoms. The minimum Gasteiger partial charge on any atom is -0.377 e. The molecule has 5 nitrogen and oxygen atoms in total. The number of benzene rings is 1. The highest BCUT2D eigenvalue weighted by atomic mass is 32.2. The number of aryl methyl sites for hydroxylation is 1. The van der Waals surface area contributed by atoms with Crippen LogP contribution in [-0.2, 0) is 14.8 Å². The molecule has 1 unspecified atom stereocenters. The summed E-state index contributed by atoms with van der Waals surface area (Å²) in [6.07, 6.45) is -0.181. The van der Waals surface area contributed by atoms with Crippen molar-refractivity contribution in [3.63, 3.8) is 0 Å². The number of hydrogen-bond donors (Lipinski definition) is 1. The first-order valence-electron chi connectivity index (χ1n) is 6.02. The molecule has 0 heterocycles. The van der Waals surface area contributed by atoms with E-state index in [0.717, 1.165) is 0 Å². The van der Waals surface area contributed by atoms with Crippen LogP contribution >= 0.6 is 0 Å². The molecule has 1 atom stereocenters. The maximum absolute atomic E-state index is 12.0. The standard InChI is InChI=1S/C13H18N2O3S/c1-4-18-11(3)9-15-19(16,17)13-6-5-12(8-14)10(2)7-13/h5-7,11,15H,4,9H2,1-3H3. The molecule has 0 spiro atoms. The monoisotopic (exact) mass is 282 g/mol. The van der Waals surface area contributed by atoms with Crippen LogP contribution in [0, 0.1) is 18.3 Å². The summed E-state index contributed by atoms with van der Waals surface area (Å²) in [5.74, 6) is 0. The van der Waals surface area contributed by atoms with Gasteiger partial charge >= 0.3 is 0 Å². The molecule has 0 bridgehead atoms. The Balaban J connectivity index is 2.84. The van der Waals surface area contributed by atoms with E-state index in [-0.39, 0.29) is 17.5 Å². The second-order valence-electron chi connectivity index (χ2n) is 4.21. The predicted molar refractivity (Wildman–Crippen MR) is 72.2 cm³/mol. The maximum Gasteiger partial charge on any atom is 0.240 e. The van der Waals surface area contributed by atoms with Gasteiger partial charge in [-0.3, -0.25) is 0 Å². The van der Waals surface area contributed by atoms with Gasteiger partial charge in [-0.25, -0.2) is 13.1 Å². The van der Waals surface area contributed by atoms with Crippen LogP contribution < -0.4 is 4.72 Å². The van der Waals surface area contributed by atoms with Crippen molar-refractivity contribution in [2.75, 3.05) is 13.2 Å². The van der Waals surface area contributed by atoms with Crippen molar-refractivity contribution in [2.45, 2.75) is 31.8 Å². The Morgan fingerprint density at radius 3 is 2.68 bits per heavy atom. The Bertz CT molecular complexity index is 576. The Kier molecular flexibility index (Phi) is 5.48. The second kappa shape index (κ2) is 6.66. The fraction of sp³-hybridized carbons (Fsp3) is 0.462. The average Bonchev–Trinajstić information content (AvgIpc) is 2.37. The van der Waals surface area contributed by atoms with E-state index in [1.165, 1.54) is 18.2 Å². The zero-order valence-corrected chi connectivity index (χ0v) is 12.1. The zero-order valence-electron chi connectivity index (χ0n) is 11.3. The summed E-state index contributed by atoms with van der Waals surface area (Å²) in [6, 6.07) is 6.44. The molecule has 6 heteroatoms. The summed E-state index contributed by atoms with van der Waals surface area (Å²) in [5.41, 5.74) is 1.12. The summed E-state index contributed by atoms with van der Waals surface area (Å²) in [5, 5.41) is 8.82. The molecule has 0 saturated carbocycles. The SMILES string of the molecule is CCOC(C)CNS(=O)(=O)c1ccc(C#N)c(C)c1. The minimum absolute atomic E-state index is 0.160. The molecular weight excluding hydrogens is 264 g/mol. The van der Waals surface area contributed by atoms with Gasteiger partial charge in [-0.2, -0.15) is 5.26 Å². The zero-order chi connectivity index (χ0) is 14.5. The van der Waals surface area contributed by atoms with Crippen molar-refractivity contribution in [1.82, 2.24) is 4.72 Å². The van der Waals surface area contributed by atoms with Crippen LogP contribution in [0.3, 0.4) is 0 Å². The minimum atomic E-state index is -3.56. The van der Waals surface area contributed by atoms with E-state index >= 15 is 0 Å². The van der Waals surface area contributed by atoms with Gasteiger partial charge < -0.3 is 4.74 Å². The lowest BCUT2D eigenvalue weighted by atomic mass is 10.1. The normalized spacial score (nSPS) is 12.9. The lowest BCUT2D eigenvalue weighted by Crippen LogP contribution is -2.32. The van der Waals surface area contributed by atoms with Crippen LogP contribution in [0.1, 0.15) is 25.0 Å². The molecule has 0 aromatic heterocycles. The van der Waals surface area contributed by atoms with Crippen molar-refractivity contribution in [1.29, 1.82) is 5.26 Å². The Morgan fingerprint density at radius 1 is 1.47 bits per heavy atom. The molecule has 0 radical (unpaired) electrons. The van der Waals surface area contributed by atoms with Crippen LogP contribution in [0.5, 0.6) is 0 Å². The number of ether oxygens (including phenoxy) is 1. The number of rotatable bonds is 6. The van der Waals surface area contributed by atoms with Gasteiger partial charge in [-0.1, -0.05) is 0 Å². The summed E-state index contributed by atoms with van der Waals surface area (Å²) < 4.78 is 31.8. The number of nitrogens with one attached hydrogen (secondary N) is 1. The van der Waals surface area contributed by atoms with E-state index < -0.39 is 10.0 Å². The molecular formula is C13H18N2O3S. The highest BCUT2D eigenvalue weighted by Gasteiger charge is 2.16. The van der Waals surface area contributed by atoms with E-state index in [0.29, 0.717) is 17.7 Å². The predicted octanol–water partition coefficient (Wildman–Crippen LogP) is 1.57. The fourth-order valence-electron chi connectivity index (χ4n) is 1.58. The van der Waals surface area contributed by atoms with E-state index in [2.05, 4.69) is 4.72 Å². The third-order valence-corrected chi connectivity index (χ3v) is 4.06. The molecule has 1 aromatic carbocycles. The molecule has 0 saturated heterocycles. The van der Waals surface area contributed by atoms with Crippen LogP contribution in [0.2, 0.25) is 0 Å². The van der Waals surface area contributed by atoms with Crippen molar-refractivity contribution < 1.29 is 13.2 Å². The van der Waals surface area contributed by atoms with Crippen molar-refractivity contribution >= 4 is 10.0 Å². The highest BCUT2D eigenvalue weighted by molar-refractivity contribution is 7.89. The Morgan fingerprint density at radius 2 is 2.16 bits per heavy atom. The van der Waals surface area contributed by atoms with Crippen LogP contribution in [0.25, 0.3) is 0 Å². The van der Waals surface area contributed by atoms with E-state index in [9.17, 15) is 8.42 Å². The van der Waals surface area contributed by atoms with Gasteiger partial charge in [0.2, 0.25) is 10.0 Å². The van der Waals surface area contributed by atoms with E-state index in [4.69, 9.17) is 10.00 Å². The third kappa shape index (κ3) is 4.31. The van der Waals surface area contributed by atoms with E-state index in [1.54, 1.807) is 13.8 Å². The molecule has 0 aliphatic rings. The number of nitrogens with zero attached hydrogens (tertiary/aromatic N) is 1. The summed E-state index contributed by atoms with van der Waals surface area (Å²) in [6.45, 7) is 6.12. The second-order valence-corrected chi connectivity index (χ2v) is 5.97. The smallest absolute Gasteiger partial charge is 0.240 e. The average molecular weight is 282 g/mol. The topological polar surface area (TPSA) is 79.2 Å². The van der Waals surface area contributed by atoms with Gasteiger partial charge in [0, 0.05) is 13.2 Å². The first kappa shape index (κ1) is 15.6. The van der Waals surface area contributed by atoms with Crippen LogP contribution in [-0.4, -0.2) is 27.7 Å². The van der Waals surface area contributed by atoms with Gasteiger partial charge in [-0.15, -0.1) is 0 Å². The first-order valence-corrected chi connectivity index (χ1v) is 7.51. The van der Waals surface area contributed by atoms with Crippen molar-refractivity contribution in [3.8, 4) is 6.07 Å². The Labute approximate surface area is 114 Å². The molecule has 1 rings (SSSR count). The van der Waals surface area contributed by atoms with Crippen LogP contribution in [0.15, 0.2) is 23.1 Å². The van der Waals surface area contributed by atoms with Gasteiger partial charge in [0.25, 0.3) is 0 Å². The number of sulfonamides is 1. The number of nitriles is 1. The molecule has 104 valence electrons. The molecule has 0 amide bonds. The molecule has 0 aliphatic heterocycles. The van der Waals surface area contributed by atoms with Gasteiger partial charge in [-0.05, 0) is 44.5 Å². The van der Waals surface area contributed by atoms with Gasteiger partial charge in [0.05, 0.1) is 22.6 Å². The Hall–Kier alpha value is -1.42. The summed E-state index contributed by atoms with van der Waals surface area (Å²) >= 11 is 0. The van der Waals surface area contributed by atoms with Crippen molar-refractivity contribution in [2.24, 2.45) is 0 Å². The quantitative estimate of drug-likeness (QED) is 0.859. The van der Waals surface area contributed by atoms with Gasteiger partial charge in [0.15, 0.2) is 0 Å². The lowest BCUT2D eigenvalue weighted by Gasteiger charge is -2.13.